The molecule has 0 aliphatic carbocycles. The van der Waals surface area contributed by atoms with E-state index < -0.39 is 20.7 Å². The van der Waals surface area contributed by atoms with Gasteiger partial charge in [-0.05, 0) is 19.1 Å². The highest BCUT2D eigenvalue weighted by Crippen LogP contribution is 2.43. The Hall–Kier alpha value is -3.11. The summed E-state index contributed by atoms with van der Waals surface area (Å²) in [5.41, 5.74) is 2.87. The van der Waals surface area contributed by atoms with E-state index >= 15 is 0 Å². The first-order valence-corrected chi connectivity index (χ1v) is 11.1. The van der Waals surface area contributed by atoms with Crippen molar-refractivity contribution >= 4 is 38.0 Å². The van der Waals surface area contributed by atoms with Gasteiger partial charge in [0.15, 0.2) is 0 Å². The second-order valence-electron chi connectivity index (χ2n) is 7.66. The van der Waals surface area contributed by atoms with Crippen LogP contribution in [0.3, 0.4) is 0 Å². The fourth-order valence-electron chi connectivity index (χ4n) is 4.03. The quantitative estimate of drug-likeness (QED) is 0.663. The highest BCUT2D eigenvalue weighted by Gasteiger charge is 2.28. The second kappa shape index (κ2) is 7.24. The zero-order chi connectivity index (χ0) is 22.7. The van der Waals surface area contributed by atoms with E-state index in [-0.39, 0.29) is 5.56 Å². The van der Waals surface area contributed by atoms with E-state index in [1.165, 1.54) is 19.2 Å². The van der Waals surface area contributed by atoms with Crippen molar-refractivity contribution in [3.63, 3.8) is 0 Å². The Labute approximate surface area is 179 Å². The van der Waals surface area contributed by atoms with Crippen LogP contribution < -0.4 is 25.2 Å². The maximum absolute atomic E-state index is 14.5. The van der Waals surface area contributed by atoms with Crippen molar-refractivity contribution in [2.45, 2.75) is 11.8 Å². The van der Waals surface area contributed by atoms with E-state index in [1.54, 1.807) is 30.7 Å². The maximum Gasteiger partial charge on any atom is 0.253 e. The number of pyridine rings is 1. The van der Waals surface area contributed by atoms with Crippen molar-refractivity contribution < 1.29 is 17.5 Å². The van der Waals surface area contributed by atoms with Crippen molar-refractivity contribution in [1.82, 2.24) is 4.57 Å². The minimum atomic E-state index is -4.25. The van der Waals surface area contributed by atoms with Crippen LogP contribution >= 0.6 is 0 Å². The number of sulfonamides is 1. The molecule has 0 atom stereocenters. The normalized spacial score (nSPS) is 14.1. The number of benzene rings is 2. The highest BCUT2D eigenvalue weighted by molar-refractivity contribution is 7.89. The minimum Gasteiger partial charge on any atom is -0.497 e. The number of anilines is 3. The van der Waals surface area contributed by atoms with Crippen LogP contribution in [0, 0.1) is 12.7 Å². The van der Waals surface area contributed by atoms with Gasteiger partial charge in [0.1, 0.15) is 16.5 Å². The molecule has 0 radical (unpaired) electrons. The van der Waals surface area contributed by atoms with E-state index in [0.717, 1.165) is 11.1 Å². The van der Waals surface area contributed by atoms with Crippen LogP contribution in [0.1, 0.15) is 5.56 Å². The van der Waals surface area contributed by atoms with Crippen LogP contribution in [-0.2, 0) is 17.1 Å². The zero-order valence-corrected chi connectivity index (χ0v) is 18.5. The molecule has 1 aliphatic heterocycles. The number of hydrogen-bond donors (Lipinski definition) is 1. The molecule has 3 aromatic rings. The van der Waals surface area contributed by atoms with Gasteiger partial charge < -0.3 is 19.1 Å². The number of nitrogens with zero attached hydrogens (tertiary/aromatic N) is 3. The SMILES string of the molecule is COc1cc(N2CCN(C)c3cc(F)c(S(N)(=O)=O)cc32)c2cc(C)c(=O)n(C)c2c1. The van der Waals surface area contributed by atoms with E-state index in [9.17, 15) is 17.6 Å². The van der Waals surface area contributed by atoms with Crippen molar-refractivity contribution in [2.75, 3.05) is 37.0 Å². The average Bonchev–Trinajstić information content (AvgIpc) is 2.71. The van der Waals surface area contributed by atoms with Gasteiger partial charge in [0.25, 0.3) is 5.56 Å². The molecule has 0 bridgehead atoms. The highest BCUT2D eigenvalue weighted by atomic mass is 32.2. The van der Waals surface area contributed by atoms with E-state index in [1.807, 2.05) is 22.9 Å². The van der Waals surface area contributed by atoms with Gasteiger partial charge in [-0.1, -0.05) is 0 Å². The lowest BCUT2D eigenvalue weighted by atomic mass is 10.1. The molecule has 2 heterocycles. The van der Waals surface area contributed by atoms with Gasteiger partial charge in [0, 0.05) is 56.3 Å². The first-order chi connectivity index (χ1) is 14.5. The average molecular weight is 447 g/mol. The summed E-state index contributed by atoms with van der Waals surface area (Å²) >= 11 is 0. The number of fused-ring (bicyclic) bond motifs is 2. The number of aromatic nitrogens is 1. The van der Waals surface area contributed by atoms with Crippen molar-refractivity contribution in [1.29, 1.82) is 0 Å². The number of rotatable bonds is 3. The first-order valence-electron chi connectivity index (χ1n) is 9.56. The number of methoxy groups -OCH3 is 1. The Morgan fingerprint density at radius 1 is 1.03 bits per heavy atom. The lowest BCUT2D eigenvalue weighted by Gasteiger charge is -2.38. The second-order valence-corrected chi connectivity index (χ2v) is 9.19. The summed E-state index contributed by atoms with van der Waals surface area (Å²) in [4.78, 5) is 15.7. The monoisotopic (exact) mass is 446 g/mol. The number of halogens is 1. The first kappa shape index (κ1) is 21.1. The molecule has 164 valence electrons. The largest absolute Gasteiger partial charge is 0.497 e. The van der Waals surface area contributed by atoms with Gasteiger partial charge in [0.05, 0.1) is 29.7 Å². The number of likely N-dealkylation sites (N-methyl/N-ethyl adjacent to an activating group) is 1. The lowest BCUT2D eigenvalue weighted by Crippen LogP contribution is -2.37. The van der Waals surface area contributed by atoms with Gasteiger partial charge in [-0.15, -0.1) is 0 Å². The molecule has 0 fully saturated rings. The van der Waals surface area contributed by atoms with Crippen LogP contribution in [0.5, 0.6) is 5.75 Å². The van der Waals surface area contributed by atoms with E-state index in [4.69, 9.17) is 9.88 Å². The van der Waals surface area contributed by atoms with Crippen molar-refractivity contribution in [3.8, 4) is 5.75 Å². The zero-order valence-electron chi connectivity index (χ0n) is 17.6. The Kier molecular flexibility index (Phi) is 4.94. The van der Waals surface area contributed by atoms with Gasteiger partial charge in [-0.3, -0.25) is 4.79 Å². The molecule has 8 nitrogen and oxygen atoms in total. The summed E-state index contributed by atoms with van der Waals surface area (Å²) in [6, 6.07) is 7.84. The standard InChI is InChI=1S/C21H23FN4O4S/c1-12-7-14-16(25(3)21(12)27)8-13(30-4)9-17(14)26-6-5-24(2)18-10-15(22)20(11-19(18)26)31(23,28)29/h7-11H,5-6H2,1-4H3,(H2,23,28,29). The summed E-state index contributed by atoms with van der Waals surface area (Å²) in [6.45, 7) is 2.82. The summed E-state index contributed by atoms with van der Waals surface area (Å²) in [7, 11) is 0.774. The molecule has 31 heavy (non-hydrogen) atoms. The van der Waals surface area contributed by atoms with Crippen LogP contribution in [-0.4, -0.2) is 40.2 Å². The predicted molar refractivity (Wildman–Crippen MR) is 119 cm³/mol. The topological polar surface area (TPSA) is 97.9 Å². The third-order valence-corrected chi connectivity index (χ3v) is 6.62. The Morgan fingerprint density at radius 3 is 2.39 bits per heavy atom. The van der Waals surface area contributed by atoms with Gasteiger partial charge >= 0.3 is 0 Å². The molecular weight excluding hydrogens is 423 g/mol. The predicted octanol–water partition coefficient (Wildman–Crippen LogP) is 2.23. The molecule has 2 aromatic carbocycles. The third kappa shape index (κ3) is 3.41. The fraction of sp³-hybridized carbons (Fsp3) is 0.286. The van der Waals surface area contributed by atoms with Gasteiger partial charge in [-0.2, -0.15) is 0 Å². The third-order valence-electron chi connectivity index (χ3n) is 5.70. The minimum absolute atomic E-state index is 0.121. The summed E-state index contributed by atoms with van der Waals surface area (Å²) in [5.74, 6) is -0.362. The van der Waals surface area contributed by atoms with Crippen LogP contribution in [0.15, 0.2) is 40.0 Å². The van der Waals surface area contributed by atoms with Gasteiger partial charge in [0.2, 0.25) is 10.0 Å². The molecule has 0 amide bonds. The molecule has 0 unspecified atom stereocenters. The molecule has 1 aliphatic rings. The smallest absolute Gasteiger partial charge is 0.253 e. The molecule has 0 saturated heterocycles. The molecule has 4 rings (SSSR count). The molecule has 10 heteroatoms. The summed E-state index contributed by atoms with van der Waals surface area (Å²) in [6.07, 6.45) is 0. The maximum atomic E-state index is 14.5. The fourth-order valence-corrected chi connectivity index (χ4v) is 4.64. The molecule has 2 N–H and O–H groups in total. The number of aryl methyl sites for hydroxylation is 2. The molecule has 0 saturated carbocycles. The number of hydrogen-bond acceptors (Lipinski definition) is 6. The van der Waals surface area contributed by atoms with Crippen molar-refractivity contribution in [3.05, 3.63) is 52.1 Å². The van der Waals surface area contributed by atoms with E-state index in [2.05, 4.69) is 0 Å². The lowest BCUT2D eigenvalue weighted by molar-refractivity contribution is 0.415. The summed E-state index contributed by atoms with van der Waals surface area (Å²) in [5, 5.41) is 6.03. The Morgan fingerprint density at radius 2 is 1.74 bits per heavy atom. The number of nitrogens with two attached hydrogens (primary N) is 1. The molecule has 1 aromatic heterocycles. The Bertz CT molecular complexity index is 1380. The molecular formula is C21H23FN4O4S. The Balaban J connectivity index is 2.07. The van der Waals surface area contributed by atoms with Crippen molar-refractivity contribution in [2.24, 2.45) is 12.2 Å². The summed E-state index contributed by atoms with van der Waals surface area (Å²) < 4.78 is 45.4. The molecule has 0 spiro atoms. The number of ether oxygens (including phenoxy) is 1. The van der Waals surface area contributed by atoms with Crippen LogP contribution in [0.4, 0.5) is 21.5 Å². The number of primary sulfonamides is 1. The van der Waals surface area contributed by atoms with Crippen LogP contribution in [0.2, 0.25) is 0 Å². The van der Waals surface area contributed by atoms with Crippen LogP contribution in [0.25, 0.3) is 10.9 Å². The van der Waals surface area contributed by atoms with Gasteiger partial charge in [-0.25, -0.2) is 17.9 Å². The van der Waals surface area contributed by atoms with E-state index in [0.29, 0.717) is 41.3 Å².